The van der Waals surface area contributed by atoms with Crippen molar-refractivity contribution in [3.63, 3.8) is 0 Å². The van der Waals surface area contributed by atoms with Gasteiger partial charge in [-0.05, 0) is 22.6 Å². The second kappa shape index (κ2) is 6.79. The Labute approximate surface area is 158 Å². The van der Waals surface area contributed by atoms with Crippen molar-refractivity contribution in [1.82, 2.24) is 29.9 Å². The first-order chi connectivity index (χ1) is 11.9. The molecule has 3 aromatic rings. The van der Waals surface area contributed by atoms with Crippen molar-refractivity contribution in [3.05, 3.63) is 20.6 Å². The molecule has 0 bridgehead atoms. The Morgan fingerprint density at radius 3 is 2.88 bits per heavy atom. The van der Waals surface area contributed by atoms with Gasteiger partial charge >= 0.3 is 6.09 Å². The van der Waals surface area contributed by atoms with Gasteiger partial charge < -0.3 is 14.9 Å². The summed E-state index contributed by atoms with van der Waals surface area (Å²) in [5.74, 6) is -0.271. The van der Waals surface area contributed by atoms with Crippen molar-refractivity contribution in [2.24, 2.45) is 0 Å². The van der Waals surface area contributed by atoms with E-state index in [9.17, 15) is 9.90 Å². The fraction of sp³-hybridized carbons (Fsp3) is 0.167. The molecule has 0 radical (unpaired) electrons. The van der Waals surface area contributed by atoms with Gasteiger partial charge in [-0.15, -0.1) is 10.2 Å². The smallest absolute Gasteiger partial charge is 0.411 e. The molecule has 0 saturated heterocycles. The van der Waals surface area contributed by atoms with Crippen molar-refractivity contribution in [2.45, 2.75) is 6.54 Å². The van der Waals surface area contributed by atoms with Crippen molar-refractivity contribution >= 4 is 57.3 Å². The van der Waals surface area contributed by atoms with Crippen LogP contribution < -0.4 is 10.1 Å². The molecule has 130 valence electrons. The number of aromatic nitrogens is 6. The summed E-state index contributed by atoms with van der Waals surface area (Å²) in [6.07, 6.45) is -1.35. The van der Waals surface area contributed by atoms with Crippen molar-refractivity contribution in [2.75, 3.05) is 12.4 Å². The Balaban J connectivity index is 2.07. The Bertz CT molecular complexity index is 980. The molecular formula is C12H9ClIN7O4. The summed E-state index contributed by atoms with van der Waals surface area (Å²) in [7, 11) is 1.46. The van der Waals surface area contributed by atoms with Crippen LogP contribution in [-0.4, -0.2) is 53.4 Å². The predicted molar refractivity (Wildman–Crippen MR) is 94.0 cm³/mol. The molecule has 25 heavy (non-hydrogen) atoms. The van der Waals surface area contributed by atoms with E-state index < -0.39 is 12.0 Å². The largest absolute Gasteiger partial charge is 0.495 e. The summed E-state index contributed by atoms with van der Waals surface area (Å²) in [5, 5.41) is 33.1. The molecule has 0 fully saturated rings. The maximum atomic E-state index is 10.7. The van der Waals surface area contributed by atoms with E-state index >= 15 is 0 Å². The summed E-state index contributed by atoms with van der Waals surface area (Å²) < 4.78 is 7.07. The first-order valence-electron chi connectivity index (χ1n) is 6.58. The summed E-state index contributed by atoms with van der Waals surface area (Å²) >= 11 is 7.70. The normalized spacial score (nSPS) is 10.8. The summed E-state index contributed by atoms with van der Waals surface area (Å²) in [6, 6.07) is 1.51. The van der Waals surface area contributed by atoms with Crippen LogP contribution in [-0.2, 0) is 6.54 Å². The van der Waals surface area contributed by atoms with Crippen molar-refractivity contribution in [3.8, 4) is 11.6 Å². The second-order valence-electron chi connectivity index (χ2n) is 4.63. The van der Waals surface area contributed by atoms with Gasteiger partial charge in [0, 0.05) is 6.07 Å². The molecule has 13 heteroatoms. The number of halogens is 2. The monoisotopic (exact) mass is 477 g/mol. The Hall–Kier alpha value is -2.48. The number of fused-ring (bicyclic) bond motifs is 1. The van der Waals surface area contributed by atoms with Gasteiger partial charge in [-0.3, -0.25) is 10.00 Å². The number of methoxy groups -OCH3 is 1. The number of amides is 1. The quantitative estimate of drug-likeness (QED) is 0.478. The minimum absolute atomic E-state index is 0.107. The van der Waals surface area contributed by atoms with Crippen LogP contribution in [0.2, 0.25) is 5.15 Å². The maximum Gasteiger partial charge on any atom is 0.411 e. The number of hydrogen-bond acceptors (Lipinski definition) is 8. The molecule has 0 saturated carbocycles. The van der Waals surface area contributed by atoms with E-state index in [1.807, 2.05) is 27.9 Å². The highest BCUT2D eigenvalue weighted by Gasteiger charge is 2.19. The number of rotatable bonds is 4. The number of nitrogens with one attached hydrogen (secondary N) is 1. The van der Waals surface area contributed by atoms with Crippen LogP contribution in [0.1, 0.15) is 5.69 Å². The Morgan fingerprint density at radius 2 is 2.20 bits per heavy atom. The molecule has 3 heterocycles. The van der Waals surface area contributed by atoms with Gasteiger partial charge in [0.05, 0.1) is 13.7 Å². The van der Waals surface area contributed by atoms with E-state index in [0.717, 1.165) is 0 Å². The van der Waals surface area contributed by atoms with E-state index in [1.165, 1.54) is 17.9 Å². The lowest BCUT2D eigenvalue weighted by molar-refractivity contribution is 0.209. The third-order valence-corrected chi connectivity index (χ3v) is 3.98. The Morgan fingerprint density at radius 1 is 1.44 bits per heavy atom. The third kappa shape index (κ3) is 3.48. The number of anilines is 1. The lowest BCUT2D eigenvalue weighted by atomic mass is 10.3. The van der Waals surface area contributed by atoms with Gasteiger partial charge in [-0.1, -0.05) is 11.6 Å². The first-order valence-corrected chi connectivity index (χ1v) is 8.03. The average Bonchev–Trinajstić information content (AvgIpc) is 2.85. The van der Waals surface area contributed by atoms with Crippen LogP contribution in [0.3, 0.4) is 0 Å². The molecule has 0 atom stereocenters. The number of carboxylic acid groups (broad SMARTS) is 1. The van der Waals surface area contributed by atoms with Crippen LogP contribution in [0.15, 0.2) is 6.07 Å². The third-order valence-electron chi connectivity index (χ3n) is 3.07. The first kappa shape index (κ1) is 17.3. The number of ether oxygens (including phenoxy) is 1. The number of aromatic hydroxyl groups is 1. The number of nitrogens with zero attached hydrogens (tertiary/aromatic N) is 6. The van der Waals surface area contributed by atoms with Gasteiger partial charge in [0.2, 0.25) is 11.8 Å². The van der Waals surface area contributed by atoms with E-state index in [4.69, 9.17) is 21.4 Å². The van der Waals surface area contributed by atoms with Gasteiger partial charge in [-0.25, -0.2) is 9.78 Å². The molecule has 0 unspecified atom stereocenters. The molecule has 1 amide bonds. The molecule has 11 nitrogen and oxygen atoms in total. The highest BCUT2D eigenvalue weighted by molar-refractivity contribution is 14.1. The molecule has 0 aliphatic rings. The summed E-state index contributed by atoms with van der Waals surface area (Å²) in [5.41, 5.74) is 0.941. The van der Waals surface area contributed by atoms with Gasteiger partial charge in [0.15, 0.2) is 10.7 Å². The molecule has 0 aromatic carbocycles. The van der Waals surface area contributed by atoms with E-state index in [0.29, 0.717) is 15.1 Å². The minimum atomic E-state index is -1.35. The lowest BCUT2D eigenvalue weighted by Gasteiger charge is -2.08. The molecule has 3 aromatic heterocycles. The fourth-order valence-corrected chi connectivity index (χ4v) is 2.87. The zero-order valence-electron chi connectivity index (χ0n) is 12.4. The van der Waals surface area contributed by atoms with Crippen LogP contribution in [0.5, 0.6) is 11.6 Å². The van der Waals surface area contributed by atoms with E-state index in [2.05, 4.69) is 25.3 Å². The molecule has 0 aliphatic carbocycles. The Kier molecular flexibility index (Phi) is 4.71. The van der Waals surface area contributed by atoms with Crippen LogP contribution in [0, 0.1) is 3.70 Å². The summed E-state index contributed by atoms with van der Waals surface area (Å²) in [4.78, 5) is 18.5. The number of hydrogen-bond donors (Lipinski definition) is 3. The maximum absolute atomic E-state index is 10.7. The van der Waals surface area contributed by atoms with Gasteiger partial charge in [-0.2, -0.15) is 10.1 Å². The van der Waals surface area contributed by atoms with Crippen LogP contribution in [0.4, 0.5) is 10.7 Å². The SMILES string of the molecule is COc1cc(Cl)nnc1Cn1nc(I)c2nc(NC(=O)O)nc(O)c21. The van der Waals surface area contributed by atoms with Crippen molar-refractivity contribution in [1.29, 1.82) is 0 Å². The van der Waals surface area contributed by atoms with Crippen LogP contribution in [0.25, 0.3) is 11.0 Å². The molecular weight excluding hydrogens is 469 g/mol. The van der Waals surface area contributed by atoms with Crippen molar-refractivity contribution < 1.29 is 19.7 Å². The topological polar surface area (TPSA) is 148 Å². The predicted octanol–water partition coefficient (Wildman–Crippen LogP) is 1.73. The fourth-order valence-electron chi connectivity index (χ4n) is 2.10. The molecule has 0 aliphatic heterocycles. The molecule has 0 spiro atoms. The van der Waals surface area contributed by atoms with Crippen LogP contribution >= 0.6 is 34.2 Å². The highest BCUT2D eigenvalue weighted by atomic mass is 127. The van der Waals surface area contributed by atoms with E-state index in [-0.39, 0.29) is 28.7 Å². The zero-order valence-corrected chi connectivity index (χ0v) is 15.3. The van der Waals surface area contributed by atoms with Gasteiger partial charge in [0.1, 0.15) is 20.7 Å². The minimum Gasteiger partial charge on any atom is -0.495 e. The highest BCUT2D eigenvalue weighted by Crippen LogP contribution is 2.28. The van der Waals surface area contributed by atoms with Gasteiger partial charge in [0.25, 0.3) is 0 Å². The number of carbonyl (C=O) groups is 1. The second-order valence-corrected chi connectivity index (χ2v) is 6.04. The summed E-state index contributed by atoms with van der Waals surface area (Å²) in [6.45, 7) is 0.107. The standard InChI is InChI=1S/C12H9ClIN7O4/c1-25-5-2-6(13)19-18-4(5)3-21-8-7(9(14)20-21)15-11(16-10(8)22)17-12(23)24/h2H,3H2,1H3,(H,23,24)(H2,15,16,17,22). The molecule has 3 N–H and O–H groups in total. The average molecular weight is 478 g/mol. The van der Waals surface area contributed by atoms with E-state index in [1.54, 1.807) is 0 Å². The molecule has 3 rings (SSSR count). The lowest BCUT2D eigenvalue weighted by Crippen LogP contribution is -2.11. The zero-order chi connectivity index (χ0) is 18.1.